The Bertz CT molecular complexity index is 334. The van der Waals surface area contributed by atoms with Crippen molar-refractivity contribution in [2.45, 2.75) is 45.3 Å². The first-order chi connectivity index (χ1) is 9.71. The van der Waals surface area contributed by atoms with Gasteiger partial charge in [0.05, 0.1) is 6.54 Å². The summed E-state index contributed by atoms with van der Waals surface area (Å²) >= 11 is 0. The molecule has 1 fully saturated rings. The van der Waals surface area contributed by atoms with Crippen LogP contribution in [-0.4, -0.2) is 60.6 Å². The number of nitrogens with two attached hydrogens (primary N) is 1. The van der Waals surface area contributed by atoms with E-state index < -0.39 is 12.7 Å². The van der Waals surface area contributed by atoms with Crippen LogP contribution in [0.5, 0.6) is 0 Å². The van der Waals surface area contributed by atoms with Crippen LogP contribution in [0.15, 0.2) is 0 Å². The first kappa shape index (κ1) is 18.2. The number of carbonyl (C=O) groups excluding carboxylic acids is 1. The van der Waals surface area contributed by atoms with Gasteiger partial charge in [0.15, 0.2) is 0 Å². The fourth-order valence-electron chi connectivity index (χ4n) is 2.64. The second kappa shape index (κ2) is 7.98. The number of amides is 1. The molecule has 0 saturated carbocycles. The third-order valence-corrected chi connectivity index (χ3v) is 3.82. The Hall–Kier alpha value is -0.820. The minimum Gasteiger partial charge on any atom is -0.342 e. The first-order valence-electron chi connectivity index (χ1n) is 7.53. The van der Waals surface area contributed by atoms with Gasteiger partial charge in [-0.25, -0.2) is 0 Å². The number of hydrogen-bond donors (Lipinski definition) is 1. The summed E-state index contributed by atoms with van der Waals surface area (Å²) in [4.78, 5) is 15.1. The van der Waals surface area contributed by atoms with E-state index in [1.165, 1.54) is 4.90 Å². The highest BCUT2D eigenvalue weighted by Crippen LogP contribution is 2.22. The van der Waals surface area contributed by atoms with Crippen LogP contribution in [0.4, 0.5) is 13.2 Å². The van der Waals surface area contributed by atoms with Crippen LogP contribution < -0.4 is 5.73 Å². The molecule has 2 atom stereocenters. The summed E-state index contributed by atoms with van der Waals surface area (Å²) in [6.07, 6.45) is -2.32. The number of carbonyl (C=O) groups is 1. The Morgan fingerprint density at radius 3 is 2.67 bits per heavy atom. The molecule has 0 spiro atoms. The van der Waals surface area contributed by atoms with Crippen molar-refractivity contribution in [3.63, 3.8) is 0 Å². The van der Waals surface area contributed by atoms with E-state index in [4.69, 9.17) is 5.73 Å². The molecule has 1 heterocycles. The molecule has 1 rings (SSSR count). The van der Waals surface area contributed by atoms with Gasteiger partial charge < -0.3 is 10.6 Å². The Labute approximate surface area is 124 Å². The number of rotatable bonds is 7. The molecule has 1 amide bonds. The maximum absolute atomic E-state index is 12.4. The van der Waals surface area contributed by atoms with Gasteiger partial charge in [-0.2, -0.15) is 13.2 Å². The van der Waals surface area contributed by atoms with Crippen molar-refractivity contribution in [2.24, 2.45) is 11.7 Å². The van der Waals surface area contributed by atoms with Crippen LogP contribution in [0.3, 0.4) is 0 Å². The Kier molecular flexibility index (Phi) is 6.93. The van der Waals surface area contributed by atoms with Crippen molar-refractivity contribution in [2.75, 3.05) is 32.7 Å². The molecular formula is C14H26F3N3O. The topological polar surface area (TPSA) is 49.6 Å². The van der Waals surface area contributed by atoms with Crippen molar-refractivity contribution < 1.29 is 18.0 Å². The molecule has 0 aromatic rings. The van der Waals surface area contributed by atoms with E-state index >= 15 is 0 Å². The average Bonchev–Trinajstić information content (AvgIpc) is 2.82. The van der Waals surface area contributed by atoms with E-state index in [9.17, 15) is 18.0 Å². The van der Waals surface area contributed by atoms with Gasteiger partial charge >= 0.3 is 6.18 Å². The molecule has 2 unspecified atom stereocenters. The monoisotopic (exact) mass is 309 g/mol. The van der Waals surface area contributed by atoms with Gasteiger partial charge in [-0.05, 0) is 32.2 Å². The van der Waals surface area contributed by atoms with Crippen molar-refractivity contribution in [3.8, 4) is 0 Å². The Morgan fingerprint density at radius 1 is 1.48 bits per heavy atom. The maximum Gasteiger partial charge on any atom is 0.401 e. The maximum atomic E-state index is 12.4. The SMILES string of the molecule is CCN(CC1CCN(C(=O)CCC(C)N)C1)CC(F)(F)F. The quantitative estimate of drug-likeness (QED) is 0.781. The summed E-state index contributed by atoms with van der Waals surface area (Å²) in [6.45, 7) is 4.68. The van der Waals surface area contributed by atoms with Gasteiger partial charge in [0.25, 0.3) is 0 Å². The van der Waals surface area contributed by atoms with Gasteiger partial charge in [0.1, 0.15) is 0 Å². The largest absolute Gasteiger partial charge is 0.401 e. The molecule has 124 valence electrons. The lowest BCUT2D eigenvalue weighted by molar-refractivity contribution is -0.146. The highest BCUT2D eigenvalue weighted by Gasteiger charge is 2.33. The molecule has 0 radical (unpaired) electrons. The Balaban J connectivity index is 2.38. The fourth-order valence-corrected chi connectivity index (χ4v) is 2.64. The summed E-state index contributed by atoms with van der Waals surface area (Å²) in [5.74, 6) is 0.195. The lowest BCUT2D eigenvalue weighted by Gasteiger charge is -2.25. The Morgan fingerprint density at radius 2 is 2.14 bits per heavy atom. The van der Waals surface area contributed by atoms with Crippen LogP contribution in [-0.2, 0) is 4.79 Å². The average molecular weight is 309 g/mol. The van der Waals surface area contributed by atoms with Crippen LogP contribution in [0.25, 0.3) is 0 Å². The van der Waals surface area contributed by atoms with Crippen LogP contribution in [0.2, 0.25) is 0 Å². The zero-order chi connectivity index (χ0) is 16.0. The van der Waals surface area contributed by atoms with Gasteiger partial charge in [0.2, 0.25) is 5.91 Å². The molecular weight excluding hydrogens is 283 g/mol. The van der Waals surface area contributed by atoms with E-state index in [0.717, 1.165) is 6.42 Å². The molecule has 4 nitrogen and oxygen atoms in total. The third kappa shape index (κ3) is 7.13. The number of likely N-dealkylation sites (tertiary alicyclic amines) is 1. The third-order valence-electron chi connectivity index (χ3n) is 3.82. The van der Waals surface area contributed by atoms with Gasteiger partial charge in [0, 0.05) is 32.1 Å². The van der Waals surface area contributed by atoms with Gasteiger partial charge in [-0.1, -0.05) is 6.92 Å². The van der Waals surface area contributed by atoms with Gasteiger partial charge in [-0.3, -0.25) is 9.69 Å². The fraction of sp³-hybridized carbons (Fsp3) is 0.929. The van der Waals surface area contributed by atoms with Gasteiger partial charge in [-0.15, -0.1) is 0 Å². The summed E-state index contributed by atoms with van der Waals surface area (Å²) < 4.78 is 37.3. The van der Waals surface area contributed by atoms with E-state index in [2.05, 4.69) is 0 Å². The molecule has 0 aliphatic carbocycles. The zero-order valence-electron chi connectivity index (χ0n) is 12.8. The first-order valence-corrected chi connectivity index (χ1v) is 7.53. The van der Waals surface area contributed by atoms with Crippen molar-refractivity contribution in [1.82, 2.24) is 9.80 Å². The lowest BCUT2D eigenvalue weighted by atomic mass is 10.1. The molecule has 7 heteroatoms. The van der Waals surface area contributed by atoms with E-state index in [0.29, 0.717) is 39.0 Å². The normalized spacial score (nSPS) is 21.1. The second-order valence-corrected chi connectivity index (χ2v) is 5.95. The van der Waals surface area contributed by atoms with Crippen molar-refractivity contribution in [1.29, 1.82) is 0 Å². The minimum atomic E-state index is -4.17. The predicted octanol–water partition coefficient (Wildman–Crippen LogP) is 1.85. The number of nitrogens with zero attached hydrogens (tertiary/aromatic N) is 2. The summed E-state index contributed by atoms with van der Waals surface area (Å²) in [5, 5.41) is 0. The molecule has 1 aliphatic rings. The van der Waals surface area contributed by atoms with Crippen molar-refractivity contribution >= 4 is 5.91 Å². The zero-order valence-corrected chi connectivity index (χ0v) is 12.8. The second-order valence-electron chi connectivity index (χ2n) is 5.95. The van der Waals surface area contributed by atoms with E-state index in [1.807, 2.05) is 6.92 Å². The summed E-state index contributed by atoms with van der Waals surface area (Å²) in [6, 6.07) is -0.00489. The molecule has 0 aromatic carbocycles. The number of hydrogen-bond acceptors (Lipinski definition) is 3. The molecule has 21 heavy (non-hydrogen) atoms. The smallest absolute Gasteiger partial charge is 0.342 e. The highest BCUT2D eigenvalue weighted by atomic mass is 19.4. The van der Waals surface area contributed by atoms with Crippen LogP contribution >= 0.6 is 0 Å². The summed E-state index contributed by atoms with van der Waals surface area (Å²) in [7, 11) is 0. The van der Waals surface area contributed by atoms with E-state index in [-0.39, 0.29) is 17.9 Å². The number of halogens is 3. The molecule has 1 saturated heterocycles. The number of alkyl halides is 3. The molecule has 0 bridgehead atoms. The molecule has 2 N–H and O–H groups in total. The minimum absolute atomic E-state index is 0.00489. The van der Waals surface area contributed by atoms with Crippen LogP contribution in [0, 0.1) is 5.92 Å². The van der Waals surface area contributed by atoms with Crippen molar-refractivity contribution in [3.05, 3.63) is 0 Å². The lowest BCUT2D eigenvalue weighted by Crippen LogP contribution is -2.38. The molecule has 0 aromatic heterocycles. The predicted molar refractivity (Wildman–Crippen MR) is 75.7 cm³/mol. The van der Waals surface area contributed by atoms with E-state index in [1.54, 1.807) is 11.8 Å². The standard InChI is InChI=1S/C14H26F3N3O/c1-3-19(10-14(15,16)17)8-12-6-7-20(9-12)13(21)5-4-11(2)18/h11-12H,3-10,18H2,1-2H3. The highest BCUT2D eigenvalue weighted by molar-refractivity contribution is 5.76. The van der Waals surface area contributed by atoms with Crippen LogP contribution in [0.1, 0.15) is 33.1 Å². The summed E-state index contributed by atoms with van der Waals surface area (Å²) in [5.41, 5.74) is 5.63. The molecule has 1 aliphatic heterocycles.